The van der Waals surface area contributed by atoms with Crippen LogP contribution in [0.15, 0.2) is 36.4 Å². The lowest BCUT2D eigenvalue weighted by Gasteiger charge is -2.35. The van der Waals surface area contributed by atoms with E-state index in [2.05, 4.69) is 19.2 Å². The number of hydrogen-bond donors (Lipinski definition) is 1. The number of amides is 2. The molecular formula is C22H24ClN3O4. The third-order valence-corrected chi connectivity index (χ3v) is 5.61. The van der Waals surface area contributed by atoms with Crippen LogP contribution in [0.4, 0.5) is 11.4 Å². The summed E-state index contributed by atoms with van der Waals surface area (Å²) in [7, 11) is 0. The van der Waals surface area contributed by atoms with Crippen molar-refractivity contribution < 1.29 is 14.5 Å². The molecule has 0 spiro atoms. The molecule has 0 saturated carbocycles. The number of nitro benzene ring substituents is 1. The molecule has 8 heteroatoms. The third kappa shape index (κ3) is 4.79. The normalized spacial score (nSPS) is 18.7. The van der Waals surface area contributed by atoms with E-state index in [9.17, 15) is 19.7 Å². The van der Waals surface area contributed by atoms with Crippen LogP contribution in [0, 0.1) is 28.9 Å². The Balaban J connectivity index is 1.81. The summed E-state index contributed by atoms with van der Waals surface area (Å²) in [6, 6.07) is 8.90. The SMILES string of the molecule is Cc1ccc(C(=O)N2CC(C)CC(C)C2)cc1NC(=O)c1ccc([N+](=O)[O-])cc1Cl. The van der Waals surface area contributed by atoms with E-state index in [4.69, 9.17) is 11.6 Å². The van der Waals surface area contributed by atoms with Gasteiger partial charge in [0.05, 0.1) is 15.5 Å². The van der Waals surface area contributed by atoms with Gasteiger partial charge in [0, 0.05) is 36.5 Å². The van der Waals surface area contributed by atoms with Gasteiger partial charge in [-0.1, -0.05) is 31.5 Å². The van der Waals surface area contributed by atoms with Crippen molar-refractivity contribution in [3.05, 3.63) is 68.2 Å². The first kappa shape index (κ1) is 21.8. The molecule has 2 unspecified atom stereocenters. The summed E-state index contributed by atoms with van der Waals surface area (Å²) < 4.78 is 0. The van der Waals surface area contributed by atoms with Crippen LogP contribution in [0.5, 0.6) is 0 Å². The van der Waals surface area contributed by atoms with E-state index in [-0.39, 0.29) is 22.2 Å². The lowest BCUT2D eigenvalue weighted by Crippen LogP contribution is -2.42. The molecule has 158 valence electrons. The molecule has 1 aliphatic rings. The second-order valence-corrected chi connectivity index (χ2v) is 8.47. The first-order valence-electron chi connectivity index (χ1n) is 9.81. The Bertz CT molecular complexity index is 998. The Labute approximate surface area is 180 Å². The number of nitro groups is 1. The van der Waals surface area contributed by atoms with E-state index >= 15 is 0 Å². The first-order chi connectivity index (χ1) is 14.2. The molecule has 0 radical (unpaired) electrons. The van der Waals surface area contributed by atoms with Crippen molar-refractivity contribution in [3.63, 3.8) is 0 Å². The van der Waals surface area contributed by atoms with Crippen LogP contribution in [0.1, 0.15) is 46.5 Å². The van der Waals surface area contributed by atoms with Crippen LogP contribution >= 0.6 is 11.6 Å². The van der Waals surface area contributed by atoms with Crippen LogP contribution in [-0.4, -0.2) is 34.7 Å². The molecule has 30 heavy (non-hydrogen) atoms. The number of aryl methyl sites for hydroxylation is 1. The van der Waals surface area contributed by atoms with Crippen molar-refractivity contribution >= 4 is 34.8 Å². The van der Waals surface area contributed by atoms with Gasteiger partial charge < -0.3 is 10.2 Å². The number of hydrogen-bond acceptors (Lipinski definition) is 4. The maximum absolute atomic E-state index is 13.0. The second-order valence-electron chi connectivity index (χ2n) is 8.06. The van der Waals surface area contributed by atoms with E-state index in [0.717, 1.165) is 31.1 Å². The number of nitrogens with one attached hydrogen (secondary N) is 1. The first-order valence-corrected chi connectivity index (χ1v) is 10.2. The number of nitrogens with zero attached hydrogens (tertiary/aromatic N) is 2. The fourth-order valence-corrected chi connectivity index (χ4v) is 4.15. The Morgan fingerprint density at radius 1 is 1.13 bits per heavy atom. The predicted octanol–water partition coefficient (Wildman–Crippen LogP) is 4.93. The monoisotopic (exact) mass is 429 g/mol. The molecule has 1 heterocycles. The summed E-state index contributed by atoms with van der Waals surface area (Å²) in [4.78, 5) is 37.8. The minimum atomic E-state index is -0.574. The Hall–Kier alpha value is -2.93. The van der Waals surface area contributed by atoms with Crippen molar-refractivity contribution in [3.8, 4) is 0 Å². The molecule has 2 aromatic carbocycles. The zero-order valence-corrected chi connectivity index (χ0v) is 17.9. The van der Waals surface area contributed by atoms with Crippen molar-refractivity contribution in [2.75, 3.05) is 18.4 Å². The molecule has 1 aliphatic heterocycles. The topological polar surface area (TPSA) is 92.6 Å². The van der Waals surface area contributed by atoms with Gasteiger partial charge >= 0.3 is 0 Å². The van der Waals surface area contributed by atoms with Gasteiger partial charge in [0.25, 0.3) is 17.5 Å². The highest BCUT2D eigenvalue weighted by Crippen LogP contribution is 2.26. The van der Waals surface area contributed by atoms with E-state index in [0.29, 0.717) is 23.1 Å². The van der Waals surface area contributed by atoms with Crippen molar-refractivity contribution in [2.45, 2.75) is 27.2 Å². The molecule has 1 fully saturated rings. The van der Waals surface area contributed by atoms with Gasteiger partial charge in [-0.15, -0.1) is 0 Å². The fourth-order valence-electron chi connectivity index (χ4n) is 3.89. The van der Waals surface area contributed by atoms with Crippen LogP contribution in [0.25, 0.3) is 0 Å². The lowest BCUT2D eigenvalue weighted by molar-refractivity contribution is -0.384. The van der Waals surface area contributed by atoms with Gasteiger partial charge in [0.15, 0.2) is 0 Å². The Morgan fingerprint density at radius 3 is 2.40 bits per heavy atom. The summed E-state index contributed by atoms with van der Waals surface area (Å²) in [5, 5.41) is 13.6. The smallest absolute Gasteiger partial charge is 0.270 e. The van der Waals surface area contributed by atoms with Crippen LogP contribution in [0.2, 0.25) is 5.02 Å². The van der Waals surface area contributed by atoms with E-state index in [1.165, 1.54) is 12.1 Å². The lowest BCUT2D eigenvalue weighted by atomic mass is 9.91. The number of benzene rings is 2. The average Bonchev–Trinajstić information content (AvgIpc) is 2.68. The molecule has 3 rings (SSSR count). The van der Waals surface area contributed by atoms with Crippen molar-refractivity contribution in [1.29, 1.82) is 0 Å². The molecule has 7 nitrogen and oxygen atoms in total. The van der Waals surface area contributed by atoms with E-state index in [1.54, 1.807) is 18.2 Å². The minimum absolute atomic E-state index is 0.0112. The predicted molar refractivity (Wildman–Crippen MR) is 116 cm³/mol. The summed E-state index contributed by atoms with van der Waals surface area (Å²) in [5.74, 6) is 0.346. The molecule has 2 aromatic rings. The van der Waals surface area contributed by atoms with Gasteiger partial charge in [0.1, 0.15) is 0 Å². The Kier molecular flexibility index (Phi) is 6.41. The number of halogens is 1. The number of anilines is 1. The zero-order chi connectivity index (χ0) is 22.0. The number of rotatable bonds is 4. The number of carbonyl (C=O) groups is 2. The molecule has 2 atom stereocenters. The maximum Gasteiger partial charge on any atom is 0.270 e. The van der Waals surface area contributed by atoms with Crippen molar-refractivity contribution in [1.82, 2.24) is 4.90 Å². The fraction of sp³-hybridized carbons (Fsp3) is 0.364. The molecule has 0 aromatic heterocycles. The summed E-state index contributed by atoms with van der Waals surface area (Å²) in [6.07, 6.45) is 1.11. The standard InChI is InChI=1S/C22H24ClN3O4/c1-13-8-14(2)12-25(11-13)22(28)16-5-4-15(3)20(9-16)24-21(27)18-7-6-17(26(29)30)10-19(18)23/h4-7,9-10,13-14H,8,11-12H2,1-3H3,(H,24,27). The van der Waals surface area contributed by atoms with Crippen LogP contribution in [-0.2, 0) is 0 Å². The largest absolute Gasteiger partial charge is 0.338 e. The van der Waals surface area contributed by atoms with E-state index < -0.39 is 10.8 Å². The maximum atomic E-state index is 13.0. The van der Waals surface area contributed by atoms with Gasteiger partial charge in [-0.05, 0) is 48.9 Å². The van der Waals surface area contributed by atoms with Gasteiger partial charge in [-0.25, -0.2) is 0 Å². The second kappa shape index (κ2) is 8.83. The quantitative estimate of drug-likeness (QED) is 0.551. The highest BCUT2D eigenvalue weighted by Gasteiger charge is 2.26. The number of carbonyl (C=O) groups excluding carboxylic acids is 2. The minimum Gasteiger partial charge on any atom is -0.338 e. The number of non-ortho nitro benzene ring substituents is 1. The zero-order valence-electron chi connectivity index (χ0n) is 17.1. The van der Waals surface area contributed by atoms with Crippen LogP contribution < -0.4 is 5.32 Å². The summed E-state index contributed by atoms with van der Waals surface area (Å²) >= 11 is 6.06. The van der Waals surface area contributed by atoms with Gasteiger partial charge in [-0.2, -0.15) is 0 Å². The highest BCUT2D eigenvalue weighted by atomic mass is 35.5. The molecular weight excluding hydrogens is 406 g/mol. The number of piperidine rings is 1. The molecule has 1 saturated heterocycles. The third-order valence-electron chi connectivity index (χ3n) is 5.30. The van der Waals surface area contributed by atoms with Crippen LogP contribution in [0.3, 0.4) is 0 Å². The number of likely N-dealkylation sites (tertiary alicyclic amines) is 1. The van der Waals surface area contributed by atoms with Crippen molar-refractivity contribution in [2.24, 2.45) is 11.8 Å². The summed E-state index contributed by atoms with van der Waals surface area (Å²) in [6.45, 7) is 7.55. The van der Waals surface area contributed by atoms with Gasteiger partial charge in [0.2, 0.25) is 0 Å². The van der Waals surface area contributed by atoms with Gasteiger partial charge in [-0.3, -0.25) is 19.7 Å². The summed E-state index contributed by atoms with van der Waals surface area (Å²) in [5.41, 5.74) is 1.73. The van der Waals surface area contributed by atoms with E-state index in [1.807, 2.05) is 11.8 Å². The molecule has 1 N–H and O–H groups in total. The average molecular weight is 430 g/mol. The molecule has 2 amide bonds. The molecule has 0 aliphatic carbocycles. The highest BCUT2D eigenvalue weighted by molar-refractivity contribution is 6.34. The molecule has 0 bridgehead atoms. The Morgan fingerprint density at radius 2 is 1.80 bits per heavy atom.